The Morgan fingerprint density at radius 2 is 1.80 bits per heavy atom. The maximum Gasteiger partial charge on any atom is 0.348 e. The maximum atomic E-state index is 12.2. The van der Waals surface area contributed by atoms with Gasteiger partial charge in [0.1, 0.15) is 14.1 Å². The molecule has 2 atom stereocenters. The molecule has 11 N–H and O–H groups in total. The first-order chi connectivity index (χ1) is 10.9. The first-order valence-corrected chi connectivity index (χ1v) is 10.2. The number of nitrogens with two attached hydrogens (primary N) is 2. The van der Waals surface area contributed by atoms with Gasteiger partial charge in [-0.1, -0.05) is 0 Å². The zero-order valence-corrected chi connectivity index (χ0v) is 14.5. The highest BCUT2D eigenvalue weighted by molar-refractivity contribution is 7.95. The van der Waals surface area contributed by atoms with Crippen LogP contribution in [0.3, 0.4) is 0 Å². The first-order valence-electron chi connectivity index (χ1n) is 6.18. The van der Waals surface area contributed by atoms with Gasteiger partial charge in [0.25, 0.3) is 0 Å². The molecule has 2 rings (SSSR count). The molecule has 0 spiro atoms. The minimum atomic E-state index is -4.35. The normalized spacial score (nSPS) is 27.1. The highest BCUT2D eigenvalue weighted by atomic mass is 32.3. The highest BCUT2D eigenvalue weighted by Crippen LogP contribution is 2.43. The molecule has 16 heteroatoms. The molecule has 0 bridgehead atoms. The Kier molecular flexibility index (Phi) is 4.62. The van der Waals surface area contributed by atoms with Crippen molar-refractivity contribution in [3.8, 4) is 0 Å². The van der Waals surface area contributed by atoms with Gasteiger partial charge in [-0.3, -0.25) is 0 Å². The van der Waals surface area contributed by atoms with E-state index < -0.39 is 63.2 Å². The third-order valence-electron chi connectivity index (χ3n) is 3.31. The van der Waals surface area contributed by atoms with Gasteiger partial charge in [0.15, 0.2) is 9.84 Å². The molecule has 0 aromatic carbocycles. The van der Waals surface area contributed by atoms with Crippen molar-refractivity contribution in [3.05, 3.63) is 11.6 Å². The fourth-order valence-electron chi connectivity index (χ4n) is 2.17. The average Bonchev–Trinajstić information content (AvgIpc) is 2.77. The lowest BCUT2D eigenvalue weighted by Crippen LogP contribution is -2.69. The van der Waals surface area contributed by atoms with Crippen LogP contribution in [0.5, 0.6) is 0 Å². The van der Waals surface area contributed by atoms with Gasteiger partial charge in [-0.25, -0.2) is 27.3 Å². The minimum absolute atomic E-state index is 0.229. The summed E-state index contributed by atoms with van der Waals surface area (Å²) < 4.78 is 46.0. The van der Waals surface area contributed by atoms with Crippen LogP contribution in [0, 0.1) is 0 Å². The van der Waals surface area contributed by atoms with Gasteiger partial charge in [0, 0.05) is 5.56 Å². The molecular formula is C9H15N3O10S3. The number of hydrogen-bond donors (Lipinski definition) is 9. The van der Waals surface area contributed by atoms with Gasteiger partial charge in [-0.15, -0.1) is 11.3 Å². The third kappa shape index (κ3) is 3.70. The fourth-order valence-corrected chi connectivity index (χ4v) is 6.40. The van der Waals surface area contributed by atoms with E-state index in [1.807, 2.05) is 0 Å². The Morgan fingerprint density at radius 3 is 2.24 bits per heavy atom. The molecule has 0 saturated heterocycles. The molecular weight excluding hydrogens is 406 g/mol. The summed E-state index contributed by atoms with van der Waals surface area (Å²) in [5, 5.41) is 62.4. The summed E-state index contributed by atoms with van der Waals surface area (Å²) in [6, 6.07) is -1.23. The van der Waals surface area contributed by atoms with Gasteiger partial charge in [0.2, 0.25) is 10.0 Å². The first kappa shape index (κ1) is 20.6. The van der Waals surface area contributed by atoms with Gasteiger partial charge in [-0.05, 0) is 6.07 Å². The van der Waals surface area contributed by atoms with E-state index in [2.05, 4.69) is 0 Å². The predicted molar refractivity (Wildman–Crippen MR) is 79.3 cm³/mol. The fraction of sp³-hybridized carbons (Fsp3) is 0.556. The average molecular weight is 421 g/mol. The molecule has 0 radical (unpaired) electrons. The van der Waals surface area contributed by atoms with Crippen LogP contribution in [0.1, 0.15) is 11.6 Å². The van der Waals surface area contributed by atoms with Crippen molar-refractivity contribution in [2.75, 3.05) is 5.75 Å². The second-order valence-corrected chi connectivity index (χ2v) is 10.5. The summed E-state index contributed by atoms with van der Waals surface area (Å²) in [6.07, 6.45) is 0. The van der Waals surface area contributed by atoms with Crippen molar-refractivity contribution in [2.45, 2.75) is 32.1 Å². The van der Waals surface area contributed by atoms with Crippen LogP contribution in [0.15, 0.2) is 14.5 Å². The van der Waals surface area contributed by atoms with E-state index in [1.54, 1.807) is 5.32 Å². The van der Waals surface area contributed by atoms with Crippen LogP contribution in [0.4, 0.5) is 0 Å². The lowest BCUT2D eigenvalue weighted by molar-refractivity contribution is -0.458. The molecule has 1 aromatic rings. The Hall–Kier alpha value is -0.760. The second kappa shape index (κ2) is 5.62. The predicted octanol–water partition coefficient (Wildman–Crippen LogP) is -5.27. The molecule has 2 heterocycles. The molecule has 25 heavy (non-hydrogen) atoms. The molecule has 144 valence electrons. The quantitative estimate of drug-likeness (QED) is 0.207. The van der Waals surface area contributed by atoms with Crippen LogP contribution < -0.4 is 16.2 Å². The summed E-state index contributed by atoms with van der Waals surface area (Å²) >= 11 is 0.229. The molecule has 13 nitrogen and oxygen atoms in total. The highest BCUT2D eigenvalue weighted by Gasteiger charge is 2.55. The van der Waals surface area contributed by atoms with Crippen LogP contribution in [-0.4, -0.2) is 70.8 Å². The largest absolute Gasteiger partial charge is 0.373 e. The SMILES string of the molecule is NC1(O)CS(=O)(=O)c2sc(S(N)(=O)=O)cc2C1NC(O)(O)C(O)(O)O. The number of fused-ring (bicyclic) bond motifs is 1. The summed E-state index contributed by atoms with van der Waals surface area (Å²) in [6.45, 7) is 0. The van der Waals surface area contributed by atoms with Crippen LogP contribution in [0.2, 0.25) is 0 Å². The van der Waals surface area contributed by atoms with Crippen molar-refractivity contribution >= 4 is 31.2 Å². The maximum absolute atomic E-state index is 12.2. The monoisotopic (exact) mass is 421 g/mol. The third-order valence-corrected chi connectivity index (χ3v) is 8.33. The second-order valence-electron chi connectivity index (χ2n) is 5.49. The summed E-state index contributed by atoms with van der Waals surface area (Å²) in [4.78, 5) is 0. The van der Waals surface area contributed by atoms with Crippen molar-refractivity contribution in [3.63, 3.8) is 0 Å². The number of thiophene rings is 1. The van der Waals surface area contributed by atoms with Crippen LogP contribution in [-0.2, 0) is 19.9 Å². The number of rotatable bonds is 4. The zero-order chi connectivity index (χ0) is 19.6. The number of aliphatic hydroxyl groups is 6. The molecule has 1 aliphatic rings. The summed E-state index contributed by atoms with van der Waals surface area (Å²) in [5.74, 6) is -9.20. The number of primary sulfonamides is 1. The molecule has 1 aromatic heterocycles. The van der Waals surface area contributed by atoms with E-state index in [1.165, 1.54) is 0 Å². The van der Waals surface area contributed by atoms with E-state index in [4.69, 9.17) is 26.2 Å². The topological polar surface area (TPSA) is 254 Å². The van der Waals surface area contributed by atoms with Crippen molar-refractivity contribution in [1.82, 2.24) is 5.32 Å². The van der Waals surface area contributed by atoms with Gasteiger partial charge >= 0.3 is 11.9 Å². The molecule has 0 aliphatic carbocycles. The van der Waals surface area contributed by atoms with E-state index in [0.717, 1.165) is 0 Å². The smallest absolute Gasteiger partial charge is 0.348 e. The summed E-state index contributed by atoms with van der Waals surface area (Å²) in [5.41, 5.74) is 2.18. The lowest BCUT2D eigenvalue weighted by atomic mass is 9.99. The Morgan fingerprint density at radius 1 is 1.28 bits per heavy atom. The molecule has 2 unspecified atom stereocenters. The van der Waals surface area contributed by atoms with E-state index >= 15 is 0 Å². The van der Waals surface area contributed by atoms with E-state index in [0.29, 0.717) is 6.07 Å². The van der Waals surface area contributed by atoms with Gasteiger partial charge in [-0.2, -0.15) is 0 Å². The van der Waals surface area contributed by atoms with Gasteiger partial charge in [0.05, 0.1) is 11.8 Å². The number of hydrogen-bond acceptors (Lipinski definition) is 13. The Labute approximate surface area is 144 Å². The standard InChI is InChI=1S/C9H15N3O10S3/c10-7(13)2-24(19,20)6-3(1-4(23-6)25(11,21)22)5(7)12-8(14,15)9(16,17)18/h1,5,12-18H,2,10H2,(H2,11,21,22). The molecule has 0 fully saturated rings. The number of nitrogens with one attached hydrogen (secondary N) is 1. The lowest BCUT2D eigenvalue weighted by Gasteiger charge is -2.41. The number of sulfone groups is 1. The Bertz CT molecular complexity index is 896. The minimum Gasteiger partial charge on any atom is -0.373 e. The van der Waals surface area contributed by atoms with E-state index in [9.17, 15) is 32.2 Å². The van der Waals surface area contributed by atoms with Crippen molar-refractivity contribution in [1.29, 1.82) is 0 Å². The zero-order valence-electron chi connectivity index (χ0n) is 12.1. The molecule has 0 saturated carbocycles. The van der Waals surface area contributed by atoms with Gasteiger partial charge < -0.3 is 36.4 Å². The van der Waals surface area contributed by atoms with Crippen LogP contribution in [0.25, 0.3) is 0 Å². The molecule has 1 aliphatic heterocycles. The van der Waals surface area contributed by atoms with Crippen molar-refractivity contribution in [2.24, 2.45) is 10.9 Å². The van der Waals surface area contributed by atoms with Crippen LogP contribution >= 0.6 is 11.3 Å². The number of sulfonamides is 1. The summed E-state index contributed by atoms with van der Waals surface area (Å²) in [7, 11) is -8.63. The van der Waals surface area contributed by atoms with E-state index in [-0.39, 0.29) is 11.3 Å². The molecule has 0 amide bonds. The van der Waals surface area contributed by atoms with Crippen molar-refractivity contribution < 1.29 is 47.5 Å². The Balaban J connectivity index is 2.67.